The number of alkyl halides is 3. The summed E-state index contributed by atoms with van der Waals surface area (Å²) >= 11 is 0.997. The van der Waals surface area contributed by atoms with Crippen molar-refractivity contribution in [3.05, 3.63) is 10.8 Å². The zero-order chi connectivity index (χ0) is 12.5. The number of rotatable bonds is 4. The van der Waals surface area contributed by atoms with Crippen molar-refractivity contribution in [2.45, 2.75) is 12.8 Å². The largest absolute Gasteiger partial charge is 0.453 e. The Kier molecular flexibility index (Phi) is 3.26. The van der Waals surface area contributed by atoms with Gasteiger partial charge in [-0.3, -0.25) is 0 Å². The van der Waals surface area contributed by atoms with Crippen LogP contribution in [0.2, 0.25) is 0 Å². The predicted molar refractivity (Wildman–Crippen MR) is 52.4 cm³/mol. The maximum absolute atomic E-state index is 12.5. The van der Waals surface area contributed by atoms with Crippen LogP contribution in [0, 0.1) is 0 Å². The molecule has 0 aliphatic heterocycles. The van der Waals surface area contributed by atoms with Crippen molar-refractivity contribution in [1.29, 1.82) is 0 Å². The first-order valence-corrected chi connectivity index (χ1v) is 5.40. The molecule has 94 valence electrons. The van der Waals surface area contributed by atoms with E-state index in [1.54, 1.807) is 0 Å². The number of aromatic nitrogens is 4. The first-order valence-electron chi connectivity index (χ1n) is 4.58. The van der Waals surface area contributed by atoms with E-state index >= 15 is 0 Å². The fourth-order valence-corrected chi connectivity index (χ4v) is 1.91. The molecule has 2 rings (SSSR count). The summed E-state index contributed by atoms with van der Waals surface area (Å²) in [4.78, 5) is 0.0867. The molecule has 6 nitrogen and oxygen atoms in total. The lowest BCUT2D eigenvalue weighted by Crippen LogP contribution is -2.12. The molecule has 0 aromatic carbocycles. The van der Waals surface area contributed by atoms with Crippen LogP contribution in [0.25, 0.3) is 4.96 Å². The van der Waals surface area contributed by atoms with E-state index in [1.807, 2.05) is 0 Å². The Hall–Kier alpha value is -1.26. The van der Waals surface area contributed by atoms with Gasteiger partial charge in [-0.1, -0.05) is 11.3 Å². The highest BCUT2D eigenvalue weighted by molar-refractivity contribution is 7.16. The van der Waals surface area contributed by atoms with Crippen LogP contribution in [-0.4, -0.2) is 33.0 Å². The highest BCUT2D eigenvalue weighted by atomic mass is 32.1. The highest BCUT2D eigenvalue weighted by Crippen LogP contribution is 2.28. The van der Waals surface area contributed by atoms with Crippen molar-refractivity contribution < 1.29 is 17.9 Å². The van der Waals surface area contributed by atoms with Crippen LogP contribution in [0.4, 0.5) is 13.2 Å². The van der Waals surface area contributed by atoms with Crippen molar-refractivity contribution in [3.8, 4) is 0 Å². The Morgan fingerprint density at radius 2 is 2.12 bits per heavy atom. The van der Waals surface area contributed by atoms with Gasteiger partial charge in [0.1, 0.15) is 11.6 Å². The van der Waals surface area contributed by atoms with E-state index in [4.69, 9.17) is 10.5 Å². The summed E-state index contributed by atoms with van der Waals surface area (Å²) < 4.78 is 43.1. The van der Waals surface area contributed by atoms with Crippen LogP contribution in [0.1, 0.15) is 10.8 Å². The molecule has 2 N–H and O–H groups in total. The van der Waals surface area contributed by atoms with Crippen molar-refractivity contribution >= 4 is 16.3 Å². The molecule has 0 spiro atoms. The Bertz CT molecular complexity index is 507. The van der Waals surface area contributed by atoms with E-state index in [0.717, 1.165) is 11.3 Å². The lowest BCUT2D eigenvalue weighted by molar-refractivity contribution is -0.146. The van der Waals surface area contributed by atoms with E-state index in [-0.39, 0.29) is 11.6 Å². The molecule has 0 aliphatic rings. The SMILES string of the molecule is NCCOCc1nn2c(C(F)(F)F)nnc2s1. The van der Waals surface area contributed by atoms with E-state index in [1.165, 1.54) is 0 Å². The molecular formula is C7H8F3N5OS. The van der Waals surface area contributed by atoms with Gasteiger partial charge in [-0.2, -0.15) is 22.8 Å². The Balaban J connectivity index is 2.23. The lowest BCUT2D eigenvalue weighted by atomic mass is 10.6. The maximum Gasteiger partial charge on any atom is 0.453 e. The van der Waals surface area contributed by atoms with Gasteiger partial charge in [-0.15, -0.1) is 10.2 Å². The Morgan fingerprint density at radius 3 is 2.76 bits per heavy atom. The summed E-state index contributed by atoms with van der Waals surface area (Å²) in [5.41, 5.74) is 5.21. The number of hydrogen-bond acceptors (Lipinski definition) is 6. The molecule has 2 aromatic heterocycles. The summed E-state index contributed by atoms with van der Waals surface area (Å²) in [5, 5.41) is 10.6. The molecular weight excluding hydrogens is 259 g/mol. The van der Waals surface area contributed by atoms with Gasteiger partial charge in [0, 0.05) is 6.54 Å². The fraction of sp³-hybridized carbons (Fsp3) is 0.571. The number of hydrogen-bond donors (Lipinski definition) is 1. The minimum Gasteiger partial charge on any atom is -0.373 e. The number of nitrogens with zero attached hydrogens (tertiary/aromatic N) is 4. The molecule has 10 heteroatoms. The maximum atomic E-state index is 12.5. The summed E-state index contributed by atoms with van der Waals surface area (Å²) in [6.07, 6.45) is -4.57. The van der Waals surface area contributed by atoms with E-state index < -0.39 is 12.0 Å². The number of halogens is 3. The van der Waals surface area contributed by atoms with Gasteiger partial charge in [0.25, 0.3) is 5.82 Å². The molecule has 2 heterocycles. The third kappa shape index (κ3) is 2.53. The topological polar surface area (TPSA) is 78.3 Å². The zero-order valence-electron chi connectivity index (χ0n) is 8.44. The van der Waals surface area contributed by atoms with Gasteiger partial charge in [0.15, 0.2) is 0 Å². The van der Waals surface area contributed by atoms with Crippen molar-refractivity contribution in [2.24, 2.45) is 5.73 Å². The second kappa shape index (κ2) is 4.55. The molecule has 2 aromatic rings. The molecule has 0 unspecified atom stereocenters. The normalized spacial score (nSPS) is 12.5. The molecule has 0 radical (unpaired) electrons. The first-order chi connectivity index (χ1) is 8.02. The zero-order valence-corrected chi connectivity index (χ0v) is 9.25. The van der Waals surface area contributed by atoms with Crippen molar-refractivity contribution in [1.82, 2.24) is 19.8 Å². The molecule has 0 fully saturated rings. The van der Waals surface area contributed by atoms with Gasteiger partial charge in [0.2, 0.25) is 4.96 Å². The van der Waals surface area contributed by atoms with Crippen LogP contribution in [-0.2, 0) is 17.5 Å². The molecule has 0 saturated carbocycles. The summed E-state index contributed by atoms with van der Waals surface area (Å²) in [6.45, 7) is 0.784. The van der Waals surface area contributed by atoms with E-state index in [2.05, 4.69) is 15.3 Å². The molecule has 0 saturated heterocycles. The van der Waals surface area contributed by atoms with E-state index in [9.17, 15) is 13.2 Å². The Morgan fingerprint density at radius 1 is 1.35 bits per heavy atom. The Labute approximate surface area is 97.2 Å². The second-order valence-electron chi connectivity index (χ2n) is 3.05. The smallest absolute Gasteiger partial charge is 0.373 e. The minimum atomic E-state index is -4.57. The third-order valence-electron chi connectivity index (χ3n) is 1.77. The molecule has 0 atom stereocenters. The van der Waals surface area contributed by atoms with Crippen LogP contribution in [0.15, 0.2) is 0 Å². The number of nitrogens with two attached hydrogens (primary N) is 1. The van der Waals surface area contributed by atoms with Crippen LogP contribution in [0.5, 0.6) is 0 Å². The predicted octanol–water partition coefficient (Wildman–Crippen LogP) is 0.680. The molecule has 0 bridgehead atoms. The summed E-state index contributed by atoms with van der Waals surface area (Å²) in [6, 6.07) is 0. The lowest BCUT2D eigenvalue weighted by Gasteiger charge is -2.00. The first kappa shape index (κ1) is 12.2. The second-order valence-corrected chi connectivity index (χ2v) is 4.09. The molecule has 0 amide bonds. The summed E-state index contributed by atoms with van der Waals surface area (Å²) in [5.74, 6) is -1.13. The van der Waals surface area contributed by atoms with Crippen LogP contribution in [0.3, 0.4) is 0 Å². The summed E-state index contributed by atoms with van der Waals surface area (Å²) in [7, 11) is 0. The van der Waals surface area contributed by atoms with Gasteiger partial charge < -0.3 is 10.5 Å². The van der Waals surface area contributed by atoms with Gasteiger partial charge in [0.05, 0.1) is 6.61 Å². The third-order valence-corrected chi connectivity index (χ3v) is 2.65. The minimum absolute atomic E-state index is 0.0867. The average Bonchev–Trinajstić information content (AvgIpc) is 2.74. The van der Waals surface area contributed by atoms with E-state index in [0.29, 0.717) is 22.7 Å². The number of fused-ring (bicyclic) bond motifs is 1. The molecule has 17 heavy (non-hydrogen) atoms. The van der Waals surface area contributed by atoms with Crippen molar-refractivity contribution in [3.63, 3.8) is 0 Å². The van der Waals surface area contributed by atoms with Crippen LogP contribution < -0.4 is 5.73 Å². The van der Waals surface area contributed by atoms with Crippen molar-refractivity contribution in [2.75, 3.05) is 13.2 Å². The van der Waals surface area contributed by atoms with Gasteiger partial charge in [-0.05, 0) is 0 Å². The average molecular weight is 267 g/mol. The number of ether oxygens (including phenoxy) is 1. The van der Waals surface area contributed by atoms with Gasteiger partial charge >= 0.3 is 6.18 Å². The highest BCUT2D eigenvalue weighted by Gasteiger charge is 2.38. The fourth-order valence-electron chi connectivity index (χ4n) is 1.13. The van der Waals surface area contributed by atoms with Gasteiger partial charge in [-0.25, -0.2) is 0 Å². The van der Waals surface area contributed by atoms with Crippen LogP contribution >= 0.6 is 11.3 Å². The quantitative estimate of drug-likeness (QED) is 0.824. The standard InChI is InChI=1S/C7H8F3N5OS/c8-7(9,10)5-12-13-6-15(5)14-4(17-6)3-16-2-1-11/h1-3,11H2. The molecule has 0 aliphatic carbocycles. The monoisotopic (exact) mass is 267 g/mol.